The number of ketones is 1. The molecule has 160 valence electrons. The van der Waals surface area contributed by atoms with E-state index in [2.05, 4.69) is 0 Å². The van der Waals surface area contributed by atoms with E-state index in [-0.39, 0.29) is 25.2 Å². The van der Waals surface area contributed by atoms with Crippen molar-refractivity contribution in [1.29, 1.82) is 0 Å². The van der Waals surface area contributed by atoms with Crippen molar-refractivity contribution < 1.29 is 33.0 Å². The summed E-state index contributed by atoms with van der Waals surface area (Å²) >= 11 is 0. The summed E-state index contributed by atoms with van der Waals surface area (Å²) < 4.78 is 26.5. The lowest BCUT2D eigenvalue weighted by atomic mass is 10.1. The quantitative estimate of drug-likeness (QED) is 0.324. The number of hydrogen-bond donors (Lipinski definition) is 0. The summed E-state index contributed by atoms with van der Waals surface area (Å²) in [5.74, 6) is 0.917. The van der Waals surface area contributed by atoms with Gasteiger partial charge in [0.1, 0.15) is 31.2 Å². The van der Waals surface area contributed by atoms with Crippen LogP contribution in [0.25, 0.3) is 11.0 Å². The highest BCUT2D eigenvalue weighted by atomic mass is 16.6. The van der Waals surface area contributed by atoms with Crippen LogP contribution in [0, 0.1) is 0 Å². The van der Waals surface area contributed by atoms with Crippen LogP contribution in [0.4, 0.5) is 0 Å². The van der Waals surface area contributed by atoms with Crippen LogP contribution in [0.5, 0.6) is 17.2 Å². The van der Waals surface area contributed by atoms with E-state index in [0.717, 1.165) is 0 Å². The van der Waals surface area contributed by atoms with Crippen LogP contribution in [0.3, 0.4) is 0 Å². The second-order valence-electron chi connectivity index (χ2n) is 6.90. The van der Waals surface area contributed by atoms with Gasteiger partial charge in [-0.3, -0.25) is 9.59 Å². The van der Waals surface area contributed by atoms with E-state index < -0.39 is 11.6 Å². The van der Waals surface area contributed by atoms with Gasteiger partial charge in [0.15, 0.2) is 17.3 Å². The molecule has 1 aliphatic rings. The number of ether oxygens (including phenoxy) is 4. The number of Topliss-reactive ketones (excluding diaryl/α,β-unsaturated/α-hetero) is 1. The number of hydrogen-bond acceptors (Lipinski definition) is 8. The number of esters is 1. The monoisotopic (exact) mass is 424 g/mol. The first-order valence-electron chi connectivity index (χ1n) is 9.73. The van der Waals surface area contributed by atoms with Gasteiger partial charge >= 0.3 is 11.6 Å². The van der Waals surface area contributed by atoms with Gasteiger partial charge in [-0.1, -0.05) is 0 Å². The Balaban J connectivity index is 1.36. The minimum Gasteiger partial charge on any atom is -0.497 e. The van der Waals surface area contributed by atoms with Crippen molar-refractivity contribution in [3.8, 4) is 17.2 Å². The summed E-state index contributed by atoms with van der Waals surface area (Å²) in [6.07, 6.45) is -0.0895. The Kier molecular flexibility index (Phi) is 5.88. The van der Waals surface area contributed by atoms with Crippen molar-refractivity contribution in [3.63, 3.8) is 0 Å². The second-order valence-corrected chi connectivity index (χ2v) is 6.90. The Hall–Kier alpha value is -3.81. The normalized spacial score (nSPS) is 12.4. The van der Waals surface area contributed by atoms with Crippen molar-refractivity contribution in [2.24, 2.45) is 0 Å². The summed E-state index contributed by atoms with van der Waals surface area (Å²) in [5.41, 5.74) is 0.741. The largest absolute Gasteiger partial charge is 0.497 e. The highest BCUT2D eigenvalue weighted by molar-refractivity contribution is 5.98. The maximum atomic E-state index is 12.4. The lowest BCUT2D eigenvalue weighted by molar-refractivity contribution is -0.144. The summed E-state index contributed by atoms with van der Waals surface area (Å²) in [6, 6.07) is 11.3. The molecule has 0 radical (unpaired) electrons. The topological polar surface area (TPSA) is 101 Å². The van der Waals surface area contributed by atoms with Crippen molar-refractivity contribution >= 4 is 22.7 Å². The molecule has 0 atom stereocenters. The Labute approximate surface area is 177 Å². The van der Waals surface area contributed by atoms with Crippen LogP contribution in [0.2, 0.25) is 0 Å². The highest BCUT2D eigenvalue weighted by Gasteiger charge is 2.16. The van der Waals surface area contributed by atoms with E-state index >= 15 is 0 Å². The average molecular weight is 424 g/mol. The minimum absolute atomic E-state index is 0.00659. The van der Waals surface area contributed by atoms with E-state index in [0.29, 0.717) is 52.6 Å². The molecule has 0 bridgehead atoms. The van der Waals surface area contributed by atoms with Crippen LogP contribution >= 0.6 is 0 Å². The number of carbonyl (C=O) groups excluding carboxylic acids is 2. The third-order valence-electron chi connectivity index (χ3n) is 4.85. The first-order chi connectivity index (χ1) is 15.0. The van der Waals surface area contributed by atoms with Crippen LogP contribution in [0.15, 0.2) is 51.7 Å². The second kappa shape index (κ2) is 8.91. The van der Waals surface area contributed by atoms with E-state index in [1.165, 1.54) is 13.2 Å². The Morgan fingerprint density at radius 3 is 2.58 bits per heavy atom. The zero-order valence-electron chi connectivity index (χ0n) is 16.8. The molecule has 1 aromatic heterocycles. The Morgan fingerprint density at radius 1 is 0.968 bits per heavy atom. The van der Waals surface area contributed by atoms with Gasteiger partial charge in [-0.25, -0.2) is 4.79 Å². The fourth-order valence-electron chi connectivity index (χ4n) is 3.26. The molecule has 1 aliphatic heterocycles. The molecular weight excluding hydrogens is 404 g/mol. The predicted molar refractivity (Wildman–Crippen MR) is 110 cm³/mol. The van der Waals surface area contributed by atoms with Crippen molar-refractivity contribution in [1.82, 2.24) is 0 Å². The van der Waals surface area contributed by atoms with Gasteiger partial charge in [-0.05, 0) is 30.3 Å². The number of rotatable bonds is 7. The fourth-order valence-corrected chi connectivity index (χ4v) is 3.26. The molecule has 0 saturated heterocycles. The summed E-state index contributed by atoms with van der Waals surface area (Å²) in [6.45, 7) is 0.792. The molecule has 0 N–H and O–H groups in total. The zero-order chi connectivity index (χ0) is 21.8. The zero-order valence-corrected chi connectivity index (χ0v) is 16.8. The lowest BCUT2D eigenvalue weighted by Gasteiger charge is -2.18. The predicted octanol–water partition coefficient (Wildman–Crippen LogP) is 3.28. The van der Waals surface area contributed by atoms with Gasteiger partial charge in [-0.2, -0.15) is 0 Å². The maximum Gasteiger partial charge on any atom is 0.336 e. The van der Waals surface area contributed by atoms with E-state index in [9.17, 15) is 14.4 Å². The summed E-state index contributed by atoms with van der Waals surface area (Å²) in [5, 5.41) is 0.639. The molecule has 0 aliphatic carbocycles. The van der Waals surface area contributed by atoms with Crippen LogP contribution in [-0.4, -0.2) is 32.1 Å². The molecule has 0 fully saturated rings. The summed E-state index contributed by atoms with van der Waals surface area (Å²) in [7, 11) is 1.51. The molecule has 2 aromatic carbocycles. The van der Waals surface area contributed by atoms with Gasteiger partial charge in [0.05, 0.1) is 13.5 Å². The first-order valence-corrected chi connectivity index (χ1v) is 9.73. The van der Waals surface area contributed by atoms with Gasteiger partial charge in [0.2, 0.25) is 0 Å². The van der Waals surface area contributed by atoms with Crippen LogP contribution in [-0.2, 0) is 16.1 Å². The maximum absolute atomic E-state index is 12.4. The average Bonchev–Trinajstić information content (AvgIpc) is 2.80. The van der Waals surface area contributed by atoms with Crippen LogP contribution in [0.1, 0.15) is 28.8 Å². The van der Waals surface area contributed by atoms with Gasteiger partial charge < -0.3 is 23.4 Å². The lowest BCUT2D eigenvalue weighted by Crippen LogP contribution is -2.16. The first kappa shape index (κ1) is 20.5. The van der Waals surface area contributed by atoms with Crippen molar-refractivity contribution in [2.45, 2.75) is 19.4 Å². The van der Waals surface area contributed by atoms with Crippen LogP contribution < -0.4 is 19.8 Å². The van der Waals surface area contributed by atoms with Crippen molar-refractivity contribution in [2.75, 3.05) is 20.3 Å². The molecule has 2 heterocycles. The standard InChI is InChI=1S/C23H20O8/c1-27-16-3-4-17-15(11-23(26)31-20(17)12-16)13-30-22(25)7-5-18(24)14-2-6-19-21(10-14)29-9-8-28-19/h2-4,6,10-12H,5,7-9,13H2,1H3. The summed E-state index contributed by atoms with van der Waals surface area (Å²) in [4.78, 5) is 36.4. The molecule has 0 unspecified atom stereocenters. The number of carbonyl (C=O) groups is 2. The molecule has 8 nitrogen and oxygen atoms in total. The molecule has 0 spiro atoms. The fraction of sp³-hybridized carbons (Fsp3) is 0.261. The smallest absolute Gasteiger partial charge is 0.336 e. The number of fused-ring (bicyclic) bond motifs is 2. The Morgan fingerprint density at radius 2 is 1.77 bits per heavy atom. The third kappa shape index (κ3) is 4.69. The third-order valence-corrected chi connectivity index (χ3v) is 4.85. The van der Waals surface area contributed by atoms with E-state index in [4.69, 9.17) is 23.4 Å². The molecule has 8 heteroatoms. The van der Waals surface area contributed by atoms with Gasteiger partial charge in [0, 0.05) is 35.1 Å². The SMILES string of the molecule is COc1ccc2c(COC(=O)CCC(=O)c3ccc4c(c3)OCCO4)cc(=O)oc2c1. The molecule has 3 aromatic rings. The van der Waals surface area contributed by atoms with Gasteiger partial charge in [-0.15, -0.1) is 0 Å². The van der Waals surface area contributed by atoms with Crippen molar-refractivity contribution in [3.05, 3.63) is 64.0 Å². The Bertz CT molecular complexity index is 1190. The van der Waals surface area contributed by atoms with E-state index in [1.807, 2.05) is 0 Å². The molecular formula is C23H20O8. The van der Waals surface area contributed by atoms with Gasteiger partial charge in [0.25, 0.3) is 0 Å². The molecule has 4 rings (SSSR count). The number of methoxy groups -OCH3 is 1. The minimum atomic E-state index is -0.555. The van der Waals surface area contributed by atoms with E-state index in [1.54, 1.807) is 36.4 Å². The molecule has 0 saturated carbocycles. The highest BCUT2D eigenvalue weighted by Crippen LogP contribution is 2.31. The number of benzene rings is 2. The molecule has 31 heavy (non-hydrogen) atoms. The molecule has 0 amide bonds.